The third-order valence-corrected chi connectivity index (χ3v) is 3.53. The fourth-order valence-corrected chi connectivity index (χ4v) is 1.99. The second-order valence-corrected chi connectivity index (χ2v) is 6.68. The normalized spacial score (nSPS) is 14.1. The Morgan fingerprint density at radius 2 is 2.20 bits per heavy atom. The first-order valence-electron chi connectivity index (χ1n) is 5.36. The minimum absolute atomic E-state index is 0.353. The molecule has 0 aliphatic rings. The highest BCUT2D eigenvalue weighted by Gasteiger charge is 2.12. The number of furan rings is 1. The van der Waals surface area contributed by atoms with E-state index in [1.54, 1.807) is 12.5 Å². The van der Waals surface area contributed by atoms with Crippen LogP contribution in [-0.2, 0) is 6.54 Å². The minimum Gasteiger partial charge on any atom is -0.472 e. The zero-order valence-electron chi connectivity index (χ0n) is 10.0. The van der Waals surface area contributed by atoms with Crippen LogP contribution in [0.4, 0.5) is 0 Å². The molecule has 15 heavy (non-hydrogen) atoms. The first-order chi connectivity index (χ1) is 6.97. The van der Waals surface area contributed by atoms with Crippen molar-refractivity contribution in [2.75, 3.05) is 5.75 Å². The molecule has 1 heterocycles. The summed E-state index contributed by atoms with van der Waals surface area (Å²) in [5, 5.41) is 3.48. The van der Waals surface area contributed by atoms with Gasteiger partial charge in [-0.1, -0.05) is 20.8 Å². The maximum atomic E-state index is 5.02. The van der Waals surface area contributed by atoms with Crippen LogP contribution >= 0.6 is 11.8 Å². The van der Waals surface area contributed by atoms with Crippen molar-refractivity contribution in [3.05, 3.63) is 24.2 Å². The highest BCUT2D eigenvalue weighted by atomic mass is 32.2. The minimum atomic E-state index is 0.353. The molecule has 1 unspecified atom stereocenters. The molecule has 0 saturated carbocycles. The Morgan fingerprint density at radius 3 is 2.73 bits per heavy atom. The van der Waals surface area contributed by atoms with Crippen molar-refractivity contribution >= 4 is 11.8 Å². The van der Waals surface area contributed by atoms with Gasteiger partial charge in [0.2, 0.25) is 0 Å². The monoisotopic (exact) mass is 227 g/mol. The summed E-state index contributed by atoms with van der Waals surface area (Å²) in [6.45, 7) is 9.86. The molecular formula is C12H21NOS. The second-order valence-electron chi connectivity index (χ2n) is 4.84. The lowest BCUT2D eigenvalue weighted by molar-refractivity contribution is 0.552. The second kappa shape index (κ2) is 5.61. The molecule has 0 bridgehead atoms. The Morgan fingerprint density at radius 1 is 1.47 bits per heavy atom. The lowest BCUT2D eigenvalue weighted by Gasteiger charge is -2.21. The zero-order valence-corrected chi connectivity index (χ0v) is 10.9. The number of nitrogens with one attached hydrogen (secondary N) is 1. The molecular weight excluding hydrogens is 206 g/mol. The Labute approximate surface area is 96.8 Å². The molecule has 1 rings (SSSR count). The van der Waals surface area contributed by atoms with Crippen LogP contribution in [0.15, 0.2) is 23.0 Å². The molecule has 0 fully saturated rings. The molecule has 1 aromatic rings. The maximum absolute atomic E-state index is 5.02. The van der Waals surface area contributed by atoms with E-state index in [4.69, 9.17) is 4.42 Å². The van der Waals surface area contributed by atoms with E-state index in [0.717, 1.165) is 12.3 Å². The molecule has 0 saturated heterocycles. The fraction of sp³-hybridized carbons (Fsp3) is 0.667. The summed E-state index contributed by atoms with van der Waals surface area (Å²) in [5.74, 6) is 1.14. The summed E-state index contributed by atoms with van der Waals surface area (Å²) in [7, 11) is 0. The van der Waals surface area contributed by atoms with Crippen LogP contribution in [0, 0.1) is 0 Å². The number of rotatable bonds is 5. The van der Waals surface area contributed by atoms with Gasteiger partial charge in [0.15, 0.2) is 0 Å². The molecule has 1 N–H and O–H groups in total. The van der Waals surface area contributed by atoms with Gasteiger partial charge in [0.05, 0.1) is 12.5 Å². The molecule has 3 heteroatoms. The van der Waals surface area contributed by atoms with Gasteiger partial charge in [-0.25, -0.2) is 0 Å². The van der Waals surface area contributed by atoms with E-state index >= 15 is 0 Å². The van der Waals surface area contributed by atoms with Gasteiger partial charge >= 0.3 is 0 Å². The highest BCUT2D eigenvalue weighted by molar-refractivity contribution is 8.00. The van der Waals surface area contributed by atoms with Crippen LogP contribution in [-0.4, -0.2) is 16.5 Å². The van der Waals surface area contributed by atoms with Crippen molar-refractivity contribution < 1.29 is 4.42 Å². The van der Waals surface area contributed by atoms with E-state index in [2.05, 4.69) is 33.0 Å². The highest BCUT2D eigenvalue weighted by Crippen LogP contribution is 2.23. The van der Waals surface area contributed by atoms with E-state index in [1.165, 1.54) is 5.56 Å². The van der Waals surface area contributed by atoms with E-state index in [0.29, 0.717) is 10.8 Å². The Kier molecular flexibility index (Phi) is 4.74. The Hall–Kier alpha value is -0.410. The van der Waals surface area contributed by atoms with E-state index in [-0.39, 0.29) is 0 Å². The Balaban J connectivity index is 2.16. The summed E-state index contributed by atoms with van der Waals surface area (Å²) in [6, 6.07) is 2.53. The summed E-state index contributed by atoms with van der Waals surface area (Å²) >= 11 is 1.99. The van der Waals surface area contributed by atoms with Gasteiger partial charge in [-0.05, 0) is 13.0 Å². The average Bonchev–Trinajstić information content (AvgIpc) is 2.62. The quantitative estimate of drug-likeness (QED) is 0.835. The van der Waals surface area contributed by atoms with Gasteiger partial charge in [-0.2, -0.15) is 11.8 Å². The summed E-state index contributed by atoms with van der Waals surface area (Å²) in [5.41, 5.74) is 1.21. The fourth-order valence-electron chi connectivity index (χ4n) is 1.12. The van der Waals surface area contributed by atoms with Crippen LogP contribution in [0.5, 0.6) is 0 Å². The number of hydrogen-bond donors (Lipinski definition) is 1. The smallest absolute Gasteiger partial charge is 0.0947 e. The van der Waals surface area contributed by atoms with Crippen molar-refractivity contribution in [3.63, 3.8) is 0 Å². The Bertz CT molecular complexity index is 264. The summed E-state index contributed by atoms with van der Waals surface area (Å²) in [6.07, 6.45) is 3.50. The van der Waals surface area contributed by atoms with Crippen molar-refractivity contribution in [1.29, 1.82) is 0 Å². The first kappa shape index (κ1) is 12.7. The van der Waals surface area contributed by atoms with Crippen LogP contribution in [0.3, 0.4) is 0 Å². The average molecular weight is 227 g/mol. The van der Waals surface area contributed by atoms with Gasteiger partial charge < -0.3 is 9.73 Å². The third kappa shape index (κ3) is 5.90. The number of hydrogen-bond acceptors (Lipinski definition) is 3. The van der Waals surface area contributed by atoms with E-state index < -0.39 is 0 Å². The molecule has 1 aromatic heterocycles. The lowest BCUT2D eigenvalue weighted by atomic mass is 10.3. The SMILES string of the molecule is CC(CSC(C)(C)C)NCc1ccoc1. The van der Waals surface area contributed by atoms with Crippen LogP contribution in [0.25, 0.3) is 0 Å². The van der Waals surface area contributed by atoms with E-state index in [1.807, 2.05) is 17.8 Å². The zero-order chi connectivity index (χ0) is 11.3. The summed E-state index contributed by atoms with van der Waals surface area (Å²) in [4.78, 5) is 0. The van der Waals surface area contributed by atoms with Crippen LogP contribution in [0.2, 0.25) is 0 Å². The van der Waals surface area contributed by atoms with Gasteiger partial charge in [0.25, 0.3) is 0 Å². The largest absolute Gasteiger partial charge is 0.472 e. The topological polar surface area (TPSA) is 25.2 Å². The van der Waals surface area contributed by atoms with Gasteiger partial charge in [0.1, 0.15) is 0 Å². The first-order valence-corrected chi connectivity index (χ1v) is 6.34. The van der Waals surface area contributed by atoms with Gasteiger partial charge in [-0.3, -0.25) is 0 Å². The third-order valence-electron chi connectivity index (χ3n) is 2.00. The van der Waals surface area contributed by atoms with Crippen molar-refractivity contribution in [1.82, 2.24) is 5.32 Å². The predicted molar refractivity (Wildman–Crippen MR) is 67.2 cm³/mol. The molecule has 0 aliphatic carbocycles. The predicted octanol–water partition coefficient (Wildman–Crippen LogP) is 3.29. The van der Waals surface area contributed by atoms with Gasteiger partial charge in [0, 0.05) is 28.6 Å². The van der Waals surface area contributed by atoms with E-state index in [9.17, 15) is 0 Å². The lowest BCUT2D eigenvalue weighted by Crippen LogP contribution is -2.29. The molecule has 0 aromatic carbocycles. The van der Waals surface area contributed by atoms with Crippen molar-refractivity contribution in [2.45, 2.75) is 45.0 Å². The molecule has 0 radical (unpaired) electrons. The van der Waals surface area contributed by atoms with Crippen LogP contribution < -0.4 is 5.32 Å². The van der Waals surface area contributed by atoms with Crippen LogP contribution in [0.1, 0.15) is 33.3 Å². The number of thioether (sulfide) groups is 1. The molecule has 0 spiro atoms. The molecule has 2 nitrogen and oxygen atoms in total. The maximum Gasteiger partial charge on any atom is 0.0947 e. The molecule has 0 aliphatic heterocycles. The molecule has 0 amide bonds. The van der Waals surface area contributed by atoms with Crippen molar-refractivity contribution in [2.24, 2.45) is 0 Å². The standard InChI is InChI=1S/C12H21NOS/c1-10(9-15-12(2,3)4)13-7-11-5-6-14-8-11/h5-6,8,10,13H,7,9H2,1-4H3. The summed E-state index contributed by atoms with van der Waals surface area (Å²) < 4.78 is 5.37. The van der Waals surface area contributed by atoms with Crippen molar-refractivity contribution in [3.8, 4) is 0 Å². The van der Waals surface area contributed by atoms with Gasteiger partial charge in [-0.15, -0.1) is 0 Å². The molecule has 1 atom stereocenters. The molecule has 86 valence electrons.